The van der Waals surface area contributed by atoms with Crippen molar-refractivity contribution in [3.8, 4) is 0 Å². The molecule has 2 bridgehead atoms. The first-order valence-corrected chi connectivity index (χ1v) is 22.6. The molecule has 0 radical (unpaired) electrons. The largest absolute Gasteiger partial charge is 0.469 e. The van der Waals surface area contributed by atoms with Crippen LogP contribution in [0.5, 0.6) is 0 Å². The van der Waals surface area contributed by atoms with Crippen molar-refractivity contribution in [3.63, 3.8) is 0 Å². The van der Waals surface area contributed by atoms with E-state index in [1.807, 2.05) is 13.0 Å². The quantitative estimate of drug-likeness (QED) is 0.174. The Kier molecular flexibility index (Phi) is 23.5. The van der Waals surface area contributed by atoms with Crippen LogP contribution in [0.15, 0.2) is 85.1 Å². The van der Waals surface area contributed by atoms with E-state index in [4.69, 9.17) is 29.4 Å². The van der Waals surface area contributed by atoms with Crippen molar-refractivity contribution in [1.29, 1.82) is 0 Å². The van der Waals surface area contributed by atoms with Crippen LogP contribution >= 0.6 is 0 Å². The Morgan fingerprint density at radius 2 is 1.27 bits per heavy atom. The third-order valence-electron chi connectivity index (χ3n) is 12.1. The lowest BCUT2D eigenvalue weighted by molar-refractivity contribution is -0.308. The number of carbonyl (C=O) groups excluding carboxylic acids is 2. The zero-order chi connectivity index (χ0) is 50.1. The summed E-state index contributed by atoms with van der Waals surface area (Å²) in [7, 11) is 1.07. The van der Waals surface area contributed by atoms with Gasteiger partial charge in [-0.05, 0) is 33.1 Å². The van der Waals surface area contributed by atoms with Crippen LogP contribution in [0.3, 0.4) is 0 Å². The average Bonchev–Trinajstić information content (AvgIpc) is 3.24. The molecule has 0 amide bonds. The van der Waals surface area contributed by atoms with E-state index in [0.29, 0.717) is 0 Å². The molecule has 0 aromatic heterocycles. The maximum Gasteiger partial charge on any atom is 0.313 e. The van der Waals surface area contributed by atoms with E-state index in [9.17, 15) is 62.0 Å². The summed E-state index contributed by atoms with van der Waals surface area (Å²) >= 11 is 0. The van der Waals surface area contributed by atoms with Crippen LogP contribution in [-0.4, -0.2) is 168 Å². The summed E-state index contributed by atoms with van der Waals surface area (Å²) in [6, 6.07) is -1.23. The van der Waals surface area contributed by atoms with Crippen molar-refractivity contribution in [3.05, 3.63) is 85.1 Å². The Labute approximate surface area is 389 Å². The molecule has 0 spiro atoms. The second-order valence-corrected chi connectivity index (χ2v) is 17.6. The van der Waals surface area contributed by atoms with Crippen LogP contribution in [0.2, 0.25) is 0 Å². The van der Waals surface area contributed by atoms with Crippen LogP contribution in [0, 0.1) is 17.8 Å². The van der Waals surface area contributed by atoms with Gasteiger partial charge in [-0.3, -0.25) is 9.59 Å². The molecule has 66 heavy (non-hydrogen) atoms. The van der Waals surface area contributed by atoms with E-state index in [2.05, 4.69) is 0 Å². The van der Waals surface area contributed by atoms with E-state index in [-0.39, 0.29) is 25.2 Å². The standard InChI is InChI=1S/C48H75NO17/c1-28-18-16-14-12-10-8-6-7-9-11-13-15-17-19-35(65-47-45(59)42(49)44(58)31(4)64-47)25-39-41(46(60)62-5)38(55)27-48(61,66-39)26-34(52)23-37(54)36(53)21-20-32(50)22-33(51)24-40(56)63-30(3)29(2)43(28)57/h6-19,28-39,41-45,47,50-55,57-59,61H,20-27,49H2,1-5H3/t28-,29-,30-,31+,32+,33+,34-,35-,36+,37+,38-,39-,41+,42-,43+,44+,45-,47-,48+/m0/s1/i35D. The van der Waals surface area contributed by atoms with Crippen molar-refractivity contribution in [2.75, 3.05) is 7.11 Å². The zero-order valence-corrected chi connectivity index (χ0v) is 38.5. The number of aliphatic hydroxyl groups is 10. The molecule has 0 unspecified atom stereocenters. The highest BCUT2D eigenvalue weighted by atomic mass is 16.7. The predicted octanol–water partition coefficient (Wildman–Crippen LogP) is 0.800. The molecule has 0 aromatic carbocycles. The van der Waals surface area contributed by atoms with Gasteiger partial charge in [-0.1, -0.05) is 98.9 Å². The van der Waals surface area contributed by atoms with Crippen molar-refractivity contribution >= 4 is 11.9 Å². The molecule has 3 heterocycles. The average molecular weight is 939 g/mol. The third-order valence-corrected chi connectivity index (χ3v) is 12.1. The number of aliphatic hydroxyl groups excluding tert-OH is 9. The van der Waals surface area contributed by atoms with E-state index in [1.54, 1.807) is 80.7 Å². The van der Waals surface area contributed by atoms with Crippen molar-refractivity contribution in [1.82, 2.24) is 0 Å². The number of rotatable bonds is 3. The third kappa shape index (κ3) is 18.6. The number of ether oxygens (including phenoxy) is 5. The lowest BCUT2D eigenvalue weighted by atomic mass is 9.82. The van der Waals surface area contributed by atoms with Crippen LogP contribution < -0.4 is 5.73 Å². The molecule has 18 nitrogen and oxygen atoms in total. The van der Waals surface area contributed by atoms with Crippen LogP contribution in [0.25, 0.3) is 0 Å². The lowest BCUT2D eigenvalue weighted by Gasteiger charge is -2.45. The predicted molar refractivity (Wildman–Crippen MR) is 241 cm³/mol. The monoisotopic (exact) mass is 939 g/mol. The van der Waals surface area contributed by atoms with Gasteiger partial charge in [-0.2, -0.15) is 0 Å². The highest BCUT2D eigenvalue weighted by molar-refractivity contribution is 5.74. The Morgan fingerprint density at radius 3 is 1.86 bits per heavy atom. The smallest absolute Gasteiger partial charge is 0.313 e. The molecular formula is C48H75NO17. The van der Waals surface area contributed by atoms with Gasteiger partial charge in [0.2, 0.25) is 0 Å². The molecule has 3 aliphatic rings. The van der Waals surface area contributed by atoms with Gasteiger partial charge >= 0.3 is 11.9 Å². The zero-order valence-electron chi connectivity index (χ0n) is 39.5. The number of hydrogen-bond acceptors (Lipinski definition) is 18. The minimum Gasteiger partial charge on any atom is -0.469 e. The first-order chi connectivity index (χ1) is 31.5. The molecule has 18 heteroatoms. The molecule has 0 saturated carbocycles. The summed E-state index contributed by atoms with van der Waals surface area (Å²) in [5.41, 5.74) is 6.03. The molecule has 3 rings (SSSR count). The highest BCUT2D eigenvalue weighted by Crippen LogP contribution is 2.38. The van der Waals surface area contributed by atoms with Gasteiger partial charge in [0.05, 0.1) is 88.1 Å². The van der Waals surface area contributed by atoms with Gasteiger partial charge in [0.1, 0.15) is 18.1 Å². The highest BCUT2D eigenvalue weighted by Gasteiger charge is 2.51. The van der Waals surface area contributed by atoms with Crippen molar-refractivity contribution in [2.45, 2.75) is 177 Å². The van der Waals surface area contributed by atoms with Gasteiger partial charge in [-0.25, -0.2) is 0 Å². The van der Waals surface area contributed by atoms with Crippen LogP contribution in [0.1, 0.15) is 80.4 Å². The maximum atomic E-state index is 13.1. The summed E-state index contributed by atoms with van der Waals surface area (Å²) in [6.45, 7) is 6.70. The topological polar surface area (TPSA) is 309 Å². The lowest BCUT2D eigenvalue weighted by Crippen LogP contribution is -2.61. The summed E-state index contributed by atoms with van der Waals surface area (Å²) < 4.78 is 37.5. The van der Waals surface area contributed by atoms with Gasteiger partial charge in [-0.15, -0.1) is 0 Å². The van der Waals surface area contributed by atoms with Crippen LogP contribution in [-0.2, 0) is 33.3 Å². The summed E-state index contributed by atoms with van der Waals surface area (Å²) in [6.07, 6.45) is 0.697. The number of allylic oxidation sites excluding steroid dienone is 12. The first kappa shape index (κ1) is 55.2. The Hall–Kier alpha value is -3.44. The number of esters is 2. The molecule has 0 aliphatic carbocycles. The van der Waals surface area contributed by atoms with E-state index >= 15 is 0 Å². The van der Waals surface area contributed by atoms with Gasteiger partial charge < -0.3 is 80.5 Å². The molecule has 12 N–H and O–H groups in total. The van der Waals surface area contributed by atoms with Crippen molar-refractivity contribution in [2.24, 2.45) is 23.5 Å². The molecule has 3 aliphatic heterocycles. The minimum absolute atomic E-state index is 0.115. The fourth-order valence-corrected chi connectivity index (χ4v) is 7.95. The Bertz CT molecular complexity index is 1740. The molecule has 2 saturated heterocycles. The fraction of sp³-hybridized carbons (Fsp3) is 0.667. The number of carbonyl (C=O) groups is 2. The molecule has 0 aromatic rings. The minimum atomic E-state index is -2.37. The molecule has 374 valence electrons. The molecule has 19 atom stereocenters. The van der Waals surface area contributed by atoms with E-state index < -0.39 is 153 Å². The number of methoxy groups -OCH3 is 1. The SMILES string of the molecule is [2H][C@]1(O[C@@H]2O[C@H](C)[C@@H](O)[C@H](N)[C@@H]2O)C=CC=CC=CC=CC=CC=CC=C[C@H](C)[C@@H](O)[C@@H](C)[C@H](C)OC(=O)C[C@H](O)C[C@H](O)CC[C@@H](O)[C@H](O)C[C@H](O)C[C@]2(O)C[C@H](O)[C@@H](C(=O)OC)[C@H](C1)O2. The number of hydrogen-bond donors (Lipinski definition) is 11. The maximum absolute atomic E-state index is 13.1. The molecular weight excluding hydrogens is 863 g/mol. The van der Waals surface area contributed by atoms with Crippen LogP contribution in [0.4, 0.5) is 0 Å². The number of nitrogens with two attached hydrogens (primary N) is 1. The first-order valence-electron chi connectivity index (χ1n) is 23.1. The van der Waals surface area contributed by atoms with E-state index in [0.717, 1.165) is 7.11 Å². The van der Waals surface area contributed by atoms with Gasteiger partial charge in [0, 0.05) is 37.5 Å². The fourth-order valence-electron chi connectivity index (χ4n) is 7.95. The normalized spacial score (nSPS) is 42.9. The Morgan fingerprint density at radius 1 is 0.697 bits per heavy atom. The summed E-state index contributed by atoms with van der Waals surface area (Å²) in [4.78, 5) is 25.7. The van der Waals surface area contributed by atoms with Gasteiger partial charge in [0.25, 0.3) is 0 Å². The van der Waals surface area contributed by atoms with E-state index in [1.165, 1.54) is 19.1 Å². The van der Waals surface area contributed by atoms with Crippen molar-refractivity contribution < 1.29 is 85.7 Å². The number of cyclic esters (lactones) is 1. The second-order valence-electron chi connectivity index (χ2n) is 17.6. The second kappa shape index (κ2) is 28.1. The Balaban J connectivity index is 1.92. The van der Waals surface area contributed by atoms with Gasteiger partial charge in [0.15, 0.2) is 12.1 Å². The summed E-state index contributed by atoms with van der Waals surface area (Å²) in [5, 5.41) is 109. The molecule has 2 fully saturated rings. The number of fused-ring (bicyclic) bond motifs is 2. The summed E-state index contributed by atoms with van der Waals surface area (Å²) in [5.74, 6) is -6.30.